The van der Waals surface area contributed by atoms with Crippen LogP contribution in [-0.4, -0.2) is 82.7 Å². The molecule has 3 amide bonds. The van der Waals surface area contributed by atoms with E-state index in [1.807, 2.05) is 26.0 Å². The van der Waals surface area contributed by atoms with Crippen molar-refractivity contribution in [2.45, 2.75) is 63.8 Å². The number of ether oxygens (including phenoxy) is 1. The maximum absolute atomic E-state index is 14.5. The van der Waals surface area contributed by atoms with E-state index in [2.05, 4.69) is 13.2 Å². The van der Waals surface area contributed by atoms with Crippen LogP contribution in [0, 0.1) is 18.8 Å². The lowest BCUT2D eigenvalue weighted by molar-refractivity contribution is -0.147. The zero-order valence-electron chi connectivity index (χ0n) is 22.4. The Hall–Kier alpha value is -2.68. The van der Waals surface area contributed by atoms with Crippen molar-refractivity contribution in [1.29, 1.82) is 0 Å². The first-order valence-electron chi connectivity index (χ1n) is 13.4. The minimum Gasteiger partial charge on any atom is -0.394 e. The summed E-state index contributed by atoms with van der Waals surface area (Å²) in [5.41, 5.74) is 0.184. The Kier molecular flexibility index (Phi) is 8.35. The largest absolute Gasteiger partial charge is 0.394 e. The fraction of sp³-hybridized carbons (Fsp3) is 0.552. The summed E-state index contributed by atoms with van der Waals surface area (Å²) in [7, 11) is 0. The first-order chi connectivity index (χ1) is 18.2. The van der Waals surface area contributed by atoms with E-state index in [1.54, 1.807) is 34.9 Å². The number of para-hydroxylation sites is 1. The molecular weight excluding hydrogens is 506 g/mol. The highest BCUT2D eigenvalue weighted by atomic mass is 35.5. The van der Waals surface area contributed by atoms with Crippen LogP contribution in [0.5, 0.6) is 0 Å². The number of nitrogens with zero attached hydrogens (tertiary/aromatic N) is 3. The molecule has 6 atom stereocenters. The lowest BCUT2D eigenvalue weighted by Crippen LogP contribution is -2.58. The van der Waals surface area contributed by atoms with Gasteiger partial charge in [-0.1, -0.05) is 42.8 Å². The topological polar surface area (TPSA) is 90.4 Å². The normalized spacial score (nSPS) is 28.2. The second-order valence-electron chi connectivity index (χ2n) is 10.5. The van der Waals surface area contributed by atoms with Gasteiger partial charge in [0.15, 0.2) is 0 Å². The highest BCUT2D eigenvalue weighted by Crippen LogP contribution is 2.59. The Morgan fingerprint density at radius 1 is 1.29 bits per heavy atom. The average molecular weight is 544 g/mol. The number of likely N-dealkylation sites (tertiary alicyclic amines) is 1. The molecule has 1 aromatic carbocycles. The van der Waals surface area contributed by atoms with Gasteiger partial charge in [0, 0.05) is 19.6 Å². The molecule has 1 N–H and O–H groups in total. The number of halogens is 1. The SMILES string of the molecule is C=CCN(CCC)C(=O)[C@@H]1[C@@H]2CCC3(O2)C(C(=O)N(CC=C)c2c(C)cccc2Cl)N([C@H](C)CO)C(=O)[C@H]13. The van der Waals surface area contributed by atoms with E-state index in [0.717, 1.165) is 12.0 Å². The lowest BCUT2D eigenvalue weighted by Gasteiger charge is -2.39. The number of hydrogen-bond donors (Lipinski definition) is 1. The number of aryl methyl sites for hydroxylation is 1. The molecule has 9 heteroatoms. The van der Waals surface area contributed by atoms with Crippen LogP contribution >= 0.6 is 11.6 Å². The Balaban J connectivity index is 1.81. The third-order valence-corrected chi connectivity index (χ3v) is 8.49. The van der Waals surface area contributed by atoms with Gasteiger partial charge in [0.25, 0.3) is 5.91 Å². The molecule has 3 fully saturated rings. The van der Waals surface area contributed by atoms with Crippen LogP contribution in [0.4, 0.5) is 5.69 Å². The van der Waals surface area contributed by atoms with Crippen LogP contribution < -0.4 is 4.90 Å². The Morgan fingerprint density at radius 3 is 2.61 bits per heavy atom. The molecule has 3 aliphatic rings. The van der Waals surface area contributed by atoms with Gasteiger partial charge in [-0.3, -0.25) is 14.4 Å². The number of amides is 3. The van der Waals surface area contributed by atoms with Crippen molar-refractivity contribution < 1.29 is 24.2 Å². The Bertz CT molecular complexity index is 1110. The molecule has 2 unspecified atom stereocenters. The van der Waals surface area contributed by atoms with E-state index in [4.69, 9.17) is 16.3 Å². The molecule has 3 saturated heterocycles. The fourth-order valence-electron chi connectivity index (χ4n) is 6.68. The van der Waals surface area contributed by atoms with Crippen LogP contribution in [0.3, 0.4) is 0 Å². The van der Waals surface area contributed by atoms with Gasteiger partial charge in [0.05, 0.1) is 41.3 Å². The third kappa shape index (κ3) is 4.36. The molecule has 2 bridgehead atoms. The maximum atomic E-state index is 14.5. The summed E-state index contributed by atoms with van der Waals surface area (Å²) in [6, 6.07) is 3.74. The van der Waals surface area contributed by atoms with E-state index in [-0.39, 0.29) is 30.9 Å². The van der Waals surface area contributed by atoms with Crippen molar-refractivity contribution in [3.05, 3.63) is 54.1 Å². The van der Waals surface area contributed by atoms with Gasteiger partial charge in [-0.25, -0.2) is 0 Å². The van der Waals surface area contributed by atoms with Crippen LogP contribution in [-0.2, 0) is 19.1 Å². The molecule has 0 aliphatic carbocycles. The molecule has 38 heavy (non-hydrogen) atoms. The predicted molar refractivity (Wildman–Crippen MR) is 147 cm³/mol. The zero-order valence-corrected chi connectivity index (χ0v) is 23.2. The third-order valence-electron chi connectivity index (χ3n) is 8.19. The van der Waals surface area contributed by atoms with E-state index in [1.165, 1.54) is 4.90 Å². The average Bonchev–Trinajstić information content (AvgIpc) is 3.54. The van der Waals surface area contributed by atoms with Gasteiger partial charge >= 0.3 is 0 Å². The van der Waals surface area contributed by atoms with Crippen molar-refractivity contribution in [3.63, 3.8) is 0 Å². The van der Waals surface area contributed by atoms with E-state index in [9.17, 15) is 19.5 Å². The summed E-state index contributed by atoms with van der Waals surface area (Å²) in [6.45, 7) is 14.0. The van der Waals surface area contributed by atoms with E-state index in [0.29, 0.717) is 36.6 Å². The van der Waals surface area contributed by atoms with Gasteiger partial charge in [-0.05, 0) is 44.7 Å². The molecule has 3 aliphatic heterocycles. The first kappa shape index (κ1) is 28.3. The molecule has 0 aromatic heterocycles. The summed E-state index contributed by atoms with van der Waals surface area (Å²) < 4.78 is 6.55. The molecule has 1 aromatic rings. The first-order valence-corrected chi connectivity index (χ1v) is 13.7. The summed E-state index contributed by atoms with van der Waals surface area (Å²) >= 11 is 6.57. The fourth-order valence-corrected chi connectivity index (χ4v) is 7.00. The van der Waals surface area contributed by atoms with Crippen LogP contribution in [0.2, 0.25) is 5.02 Å². The molecule has 0 saturated carbocycles. The van der Waals surface area contributed by atoms with Crippen molar-refractivity contribution in [2.24, 2.45) is 11.8 Å². The second-order valence-corrected chi connectivity index (χ2v) is 11.0. The molecule has 4 rings (SSSR count). The Labute approximate surface area is 229 Å². The van der Waals surface area contributed by atoms with Crippen molar-refractivity contribution in [3.8, 4) is 0 Å². The van der Waals surface area contributed by atoms with Gasteiger partial charge in [-0.15, -0.1) is 13.2 Å². The minimum absolute atomic E-state index is 0.147. The lowest BCUT2D eigenvalue weighted by atomic mass is 9.70. The maximum Gasteiger partial charge on any atom is 0.253 e. The van der Waals surface area contributed by atoms with Crippen molar-refractivity contribution in [2.75, 3.05) is 31.1 Å². The standard InChI is InChI=1S/C29H38ClN3O5/c1-6-14-31(15-7-2)26(35)22-21-12-13-29(38-21)23(22)27(36)33(19(5)17-34)25(29)28(37)32(16-8-3)24-18(4)10-9-11-20(24)30/h6,8-11,19,21-23,25,34H,1,3,7,12-17H2,2,4-5H3/t19-,21+,22-,23+,25?,29?/m1/s1. The molecule has 3 heterocycles. The summed E-state index contributed by atoms with van der Waals surface area (Å²) in [4.78, 5) is 47.2. The number of carbonyl (C=O) groups excluding carboxylic acids is 3. The van der Waals surface area contributed by atoms with Gasteiger partial charge in [-0.2, -0.15) is 0 Å². The predicted octanol–water partition coefficient (Wildman–Crippen LogP) is 3.35. The van der Waals surface area contributed by atoms with E-state index >= 15 is 0 Å². The summed E-state index contributed by atoms with van der Waals surface area (Å²) in [6.07, 6.45) is 4.66. The number of aliphatic hydroxyl groups excluding tert-OH is 1. The molecule has 206 valence electrons. The number of rotatable bonds is 11. The molecule has 1 spiro atoms. The van der Waals surface area contributed by atoms with Gasteiger partial charge < -0.3 is 24.5 Å². The molecule has 8 nitrogen and oxygen atoms in total. The van der Waals surface area contributed by atoms with Crippen LogP contribution in [0.1, 0.15) is 38.7 Å². The van der Waals surface area contributed by atoms with Gasteiger partial charge in [0.2, 0.25) is 11.8 Å². The number of anilines is 1. The highest BCUT2D eigenvalue weighted by molar-refractivity contribution is 6.34. The number of carbonyl (C=O) groups is 3. The summed E-state index contributed by atoms with van der Waals surface area (Å²) in [5.74, 6) is -2.33. The minimum atomic E-state index is -1.16. The number of hydrogen-bond acceptors (Lipinski definition) is 5. The van der Waals surface area contributed by atoms with E-state index < -0.39 is 35.6 Å². The number of fused-ring (bicyclic) bond motifs is 1. The number of benzene rings is 1. The van der Waals surface area contributed by atoms with Crippen molar-refractivity contribution in [1.82, 2.24) is 9.80 Å². The van der Waals surface area contributed by atoms with Gasteiger partial charge in [0.1, 0.15) is 11.6 Å². The second kappa shape index (κ2) is 11.2. The van der Waals surface area contributed by atoms with Crippen LogP contribution in [0.25, 0.3) is 0 Å². The van der Waals surface area contributed by atoms with Crippen molar-refractivity contribution >= 4 is 35.0 Å². The zero-order chi connectivity index (χ0) is 27.8. The molecule has 0 radical (unpaired) electrons. The number of aliphatic hydroxyl groups is 1. The summed E-state index contributed by atoms with van der Waals surface area (Å²) in [5, 5.41) is 10.5. The quantitative estimate of drug-likeness (QED) is 0.432. The monoisotopic (exact) mass is 543 g/mol. The highest BCUT2D eigenvalue weighted by Gasteiger charge is 2.75. The Morgan fingerprint density at radius 2 is 2.00 bits per heavy atom. The van der Waals surface area contributed by atoms with Crippen LogP contribution in [0.15, 0.2) is 43.5 Å². The molecular formula is C29H38ClN3O5. The smallest absolute Gasteiger partial charge is 0.253 e.